The van der Waals surface area contributed by atoms with Crippen molar-refractivity contribution in [3.63, 3.8) is 0 Å². The number of hydrogen-bond acceptors (Lipinski definition) is 6. The second-order valence-electron chi connectivity index (χ2n) is 4.33. The van der Waals surface area contributed by atoms with Crippen LogP contribution < -0.4 is 15.2 Å². The monoisotopic (exact) mass is 327 g/mol. The first kappa shape index (κ1) is 15.7. The van der Waals surface area contributed by atoms with E-state index in [1.165, 1.54) is 0 Å². The number of sulfonamides is 1. The lowest BCUT2D eigenvalue weighted by Crippen LogP contribution is -2.11. The Bertz CT molecular complexity index is 726. The van der Waals surface area contributed by atoms with Gasteiger partial charge in [0.05, 0.1) is 12.3 Å². The predicted molar refractivity (Wildman–Crippen MR) is 83.2 cm³/mol. The van der Waals surface area contributed by atoms with Gasteiger partial charge in [0.15, 0.2) is 9.34 Å². The summed E-state index contributed by atoms with van der Waals surface area (Å²) in [5.41, 5.74) is 1.38. The first-order chi connectivity index (χ1) is 9.91. The molecule has 114 valence electrons. The Kier molecular flexibility index (Phi) is 4.81. The molecule has 0 aliphatic rings. The number of anilines is 1. The minimum Gasteiger partial charge on any atom is -0.494 e. The van der Waals surface area contributed by atoms with Gasteiger partial charge >= 0.3 is 0 Å². The molecule has 0 radical (unpaired) electrons. The molecule has 2 aromatic rings. The van der Waals surface area contributed by atoms with Gasteiger partial charge in [-0.25, -0.2) is 18.5 Å². The molecule has 0 aliphatic heterocycles. The third-order valence-corrected chi connectivity index (χ3v) is 5.38. The van der Waals surface area contributed by atoms with Gasteiger partial charge in [0.2, 0.25) is 10.0 Å². The Balaban J connectivity index is 2.14. The van der Waals surface area contributed by atoms with E-state index in [0.717, 1.165) is 22.6 Å². The van der Waals surface area contributed by atoms with Crippen molar-refractivity contribution in [3.8, 4) is 5.75 Å². The average molecular weight is 327 g/mol. The van der Waals surface area contributed by atoms with E-state index in [-0.39, 0.29) is 4.21 Å². The molecule has 6 nitrogen and oxygen atoms in total. The number of para-hydroxylation sites is 1. The maximum Gasteiger partial charge on any atom is 0.249 e. The van der Waals surface area contributed by atoms with Crippen molar-refractivity contribution in [1.82, 2.24) is 4.98 Å². The van der Waals surface area contributed by atoms with E-state index in [2.05, 4.69) is 10.3 Å². The number of aromatic nitrogens is 1. The Labute approximate surface area is 128 Å². The molecule has 0 atom stereocenters. The van der Waals surface area contributed by atoms with Gasteiger partial charge in [0.25, 0.3) is 0 Å². The van der Waals surface area contributed by atoms with Crippen molar-refractivity contribution in [3.05, 3.63) is 35.5 Å². The molecule has 0 fully saturated rings. The van der Waals surface area contributed by atoms with Gasteiger partial charge in [0.1, 0.15) is 5.75 Å². The summed E-state index contributed by atoms with van der Waals surface area (Å²) in [5, 5.41) is 8.75. The summed E-state index contributed by atoms with van der Waals surface area (Å²) in [5.74, 6) is 0.799. The molecule has 0 aliphatic carbocycles. The number of benzene rings is 1. The minimum atomic E-state index is -3.72. The number of aryl methyl sites for hydroxylation is 1. The van der Waals surface area contributed by atoms with E-state index in [4.69, 9.17) is 9.88 Å². The quantitative estimate of drug-likeness (QED) is 0.847. The molecule has 21 heavy (non-hydrogen) atoms. The van der Waals surface area contributed by atoms with E-state index in [1.54, 1.807) is 6.92 Å². The average Bonchev–Trinajstić information content (AvgIpc) is 2.79. The zero-order valence-electron chi connectivity index (χ0n) is 11.8. The maximum atomic E-state index is 11.4. The van der Waals surface area contributed by atoms with E-state index in [9.17, 15) is 8.42 Å². The van der Waals surface area contributed by atoms with Gasteiger partial charge in [-0.15, -0.1) is 0 Å². The number of thiazole rings is 1. The van der Waals surface area contributed by atoms with Crippen LogP contribution in [0.25, 0.3) is 0 Å². The highest BCUT2D eigenvalue weighted by Crippen LogP contribution is 2.27. The summed E-state index contributed by atoms with van der Waals surface area (Å²) in [4.78, 5) is 4.18. The summed E-state index contributed by atoms with van der Waals surface area (Å²) >= 11 is 1.03. The van der Waals surface area contributed by atoms with Crippen molar-refractivity contribution in [2.45, 2.75) is 24.6 Å². The molecule has 2 rings (SSSR count). The van der Waals surface area contributed by atoms with Crippen LogP contribution in [-0.4, -0.2) is 20.0 Å². The standard InChI is InChI=1S/C13H17N3O3S2/c1-3-19-11-7-5-4-6-10(11)8-15-13-16-9(2)12(20-13)21(14,17)18/h4-7H,3,8H2,1-2H3,(H,15,16)(H2,14,17,18). The molecule has 1 aromatic heterocycles. The van der Waals surface area contributed by atoms with Crippen LogP contribution in [0.15, 0.2) is 28.5 Å². The van der Waals surface area contributed by atoms with E-state index < -0.39 is 10.0 Å². The van der Waals surface area contributed by atoms with Gasteiger partial charge in [-0.05, 0) is 19.9 Å². The fourth-order valence-electron chi connectivity index (χ4n) is 1.84. The summed E-state index contributed by atoms with van der Waals surface area (Å²) in [7, 11) is -3.72. The number of nitrogens with zero attached hydrogens (tertiary/aromatic N) is 1. The molecule has 3 N–H and O–H groups in total. The van der Waals surface area contributed by atoms with Crippen molar-refractivity contribution in [2.24, 2.45) is 5.14 Å². The van der Waals surface area contributed by atoms with E-state index in [0.29, 0.717) is 24.0 Å². The van der Waals surface area contributed by atoms with Crippen LogP contribution in [0.1, 0.15) is 18.2 Å². The molecule has 0 spiro atoms. The van der Waals surface area contributed by atoms with Crippen LogP contribution in [0.2, 0.25) is 0 Å². The lowest BCUT2D eigenvalue weighted by molar-refractivity contribution is 0.337. The number of hydrogen-bond donors (Lipinski definition) is 2. The lowest BCUT2D eigenvalue weighted by atomic mass is 10.2. The molecular weight excluding hydrogens is 310 g/mol. The van der Waals surface area contributed by atoms with Crippen LogP contribution in [0.3, 0.4) is 0 Å². The highest BCUT2D eigenvalue weighted by Gasteiger charge is 2.17. The first-order valence-corrected chi connectivity index (χ1v) is 8.73. The third kappa shape index (κ3) is 3.93. The molecule has 0 saturated heterocycles. The summed E-state index contributed by atoms with van der Waals surface area (Å²) in [6.07, 6.45) is 0. The molecule has 1 heterocycles. The third-order valence-electron chi connectivity index (χ3n) is 2.71. The Hall–Kier alpha value is -1.64. The van der Waals surface area contributed by atoms with Crippen LogP contribution in [0.4, 0.5) is 5.13 Å². The number of nitrogens with two attached hydrogens (primary N) is 1. The molecule has 0 saturated carbocycles. The maximum absolute atomic E-state index is 11.4. The molecular formula is C13H17N3O3S2. The van der Waals surface area contributed by atoms with Gasteiger partial charge in [-0.3, -0.25) is 0 Å². The number of primary sulfonamides is 1. The molecule has 0 amide bonds. The zero-order valence-corrected chi connectivity index (χ0v) is 13.4. The highest BCUT2D eigenvalue weighted by molar-refractivity contribution is 7.91. The van der Waals surface area contributed by atoms with Crippen LogP contribution in [-0.2, 0) is 16.6 Å². The number of ether oxygens (including phenoxy) is 1. The smallest absolute Gasteiger partial charge is 0.249 e. The zero-order chi connectivity index (χ0) is 15.5. The minimum absolute atomic E-state index is 0.0862. The second-order valence-corrected chi connectivity index (χ2v) is 7.09. The first-order valence-electron chi connectivity index (χ1n) is 6.36. The fraction of sp³-hybridized carbons (Fsp3) is 0.308. The molecule has 0 bridgehead atoms. The van der Waals surface area contributed by atoms with Gasteiger partial charge in [-0.2, -0.15) is 0 Å². The largest absolute Gasteiger partial charge is 0.494 e. The number of nitrogens with one attached hydrogen (secondary N) is 1. The fourth-order valence-corrected chi connectivity index (χ4v) is 3.69. The van der Waals surface area contributed by atoms with Crippen molar-refractivity contribution in [1.29, 1.82) is 0 Å². The summed E-state index contributed by atoms with van der Waals surface area (Å²) < 4.78 is 28.4. The molecule has 1 aromatic carbocycles. The topological polar surface area (TPSA) is 94.3 Å². The van der Waals surface area contributed by atoms with Crippen LogP contribution >= 0.6 is 11.3 Å². The van der Waals surface area contributed by atoms with Gasteiger partial charge in [-0.1, -0.05) is 29.5 Å². The Morgan fingerprint density at radius 1 is 1.38 bits per heavy atom. The van der Waals surface area contributed by atoms with Crippen LogP contribution in [0, 0.1) is 6.92 Å². The van der Waals surface area contributed by atoms with Crippen molar-refractivity contribution in [2.75, 3.05) is 11.9 Å². The van der Waals surface area contributed by atoms with Gasteiger partial charge < -0.3 is 10.1 Å². The van der Waals surface area contributed by atoms with E-state index >= 15 is 0 Å². The molecule has 8 heteroatoms. The summed E-state index contributed by atoms with van der Waals surface area (Å²) in [6, 6.07) is 7.66. The SMILES string of the molecule is CCOc1ccccc1CNc1nc(C)c(S(N)(=O)=O)s1. The Morgan fingerprint density at radius 3 is 2.71 bits per heavy atom. The van der Waals surface area contributed by atoms with Crippen LogP contribution in [0.5, 0.6) is 5.75 Å². The van der Waals surface area contributed by atoms with E-state index in [1.807, 2.05) is 31.2 Å². The Morgan fingerprint density at radius 2 is 2.10 bits per heavy atom. The number of rotatable bonds is 6. The molecule has 0 unspecified atom stereocenters. The highest BCUT2D eigenvalue weighted by atomic mass is 32.2. The predicted octanol–water partition coefficient (Wildman–Crippen LogP) is 2.11. The van der Waals surface area contributed by atoms with Gasteiger partial charge in [0, 0.05) is 12.1 Å². The summed E-state index contributed by atoms with van der Waals surface area (Å²) in [6.45, 7) is 4.62. The normalized spacial score (nSPS) is 11.4. The van der Waals surface area contributed by atoms with Crippen molar-refractivity contribution >= 4 is 26.5 Å². The lowest BCUT2D eigenvalue weighted by Gasteiger charge is -2.10. The second kappa shape index (κ2) is 6.42. The van der Waals surface area contributed by atoms with Crippen molar-refractivity contribution < 1.29 is 13.2 Å².